The second kappa shape index (κ2) is 17.6. The Balaban J connectivity index is 0.000000530. The number of oxime groups is 1. The Morgan fingerprint density at radius 3 is 1.58 bits per heavy atom. The number of hydrazine groups is 2. The smallest absolute Gasteiger partial charge is 0.439 e. The van der Waals surface area contributed by atoms with Crippen LogP contribution in [0.4, 0.5) is 28.8 Å². The molecule has 0 saturated carbocycles. The van der Waals surface area contributed by atoms with Gasteiger partial charge in [-0.05, 0) is 83.1 Å². The molecule has 0 aliphatic carbocycles. The number of hydrogen-bond donors (Lipinski definition) is 1. The number of urea groups is 2. The molecule has 2 rings (SSSR count). The normalized spacial score (nSPS) is 15.4. The minimum absolute atomic E-state index is 0.149. The molecular weight excluding hydrogens is 706 g/mol. The van der Waals surface area contributed by atoms with Gasteiger partial charge in [-0.3, -0.25) is 9.59 Å². The number of ether oxygens (including phenoxy) is 4. The minimum Gasteiger partial charge on any atom is -0.443 e. The van der Waals surface area contributed by atoms with E-state index in [2.05, 4.69) is 25.6 Å². The van der Waals surface area contributed by atoms with Crippen LogP contribution in [0.3, 0.4) is 0 Å². The summed E-state index contributed by atoms with van der Waals surface area (Å²) < 4.78 is 20.4. The van der Waals surface area contributed by atoms with E-state index in [1.807, 2.05) is 0 Å². The summed E-state index contributed by atoms with van der Waals surface area (Å²) in [7, 11) is 1.33. The Morgan fingerprint density at radius 1 is 0.717 bits per heavy atom. The number of imide groups is 3. The lowest BCUT2D eigenvalue weighted by atomic mass is 10.2. The number of carbonyl (C=O) groups is 8. The molecule has 0 atom stereocenters. The molecular formula is C31H49N9O13. The topological polar surface area (TPSA) is 248 Å². The van der Waals surface area contributed by atoms with Crippen LogP contribution in [0.2, 0.25) is 0 Å². The van der Waals surface area contributed by atoms with Crippen molar-refractivity contribution in [3.63, 3.8) is 0 Å². The highest BCUT2D eigenvalue weighted by molar-refractivity contribution is 6.32. The molecule has 0 unspecified atom stereocenters. The van der Waals surface area contributed by atoms with E-state index < -0.39 is 71.3 Å². The monoisotopic (exact) mass is 755 g/mol. The molecule has 296 valence electrons. The van der Waals surface area contributed by atoms with Crippen molar-refractivity contribution >= 4 is 66.3 Å². The average molecular weight is 756 g/mol. The third-order valence-electron chi connectivity index (χ3n) is 5.21. The number of aldehydes is 1. The van der Waals surface area contributed by atoms with E-state index in [0.29, 0.717) is 21.3 Å². The maximum absolute atomic E-state index is 12.7. The lowest BCUT2D eigenvalue weighted by Gasteiger charge is -2.37. The number of amides is 9. The molecule has 22 nitrogen and oxygen atoms in total. The third-order valence-corrected chi connectivity index (χ3v) is 5.21. The van der Waals surface area contributed by atoms with Crippen LogP contribution in [0.1, 0.15) is 90.0 Å². The average Bonchev–Trinajstić information content (AvgIpc) is 2.94. The number of hydrogen-bond acceptors (Lipinski definition) is 16. The standard InChI is InChI=1S/C16H24N4O7.C15H25N5O6/c1-10(22)20(14(25)27-16(5,6)7)18-8-11(9-21)17-19(12(18)23)13(24)26-15(2,3)4;1-14(2,3)25-11(21)18-19-9-10(8-16-24-7)17-20(12(19)22)13(23)26-15(4,5)6/h9H,8H2,1-7H3;8H,9H2,1-7H3,(H,18,21)/b;16-8+. The summed E-state index contributed by atoms with van der Waals surface area (Å²) in [4.78, 5) is 102. The van der Waals surface area contributed by atoms with Gasteiger partial charge in [0.1, 0.15) is 40.9 Å². The van der Waals surface area contributed by atoms with Crippen molar-refractivity contribution in [1.29, 1.82) is 0 Å². The van der Waals surface area contributed by atoms with Gasteiger partial charge < -0.3 is 23.8 Å². The predicted molar refractivity (Wildman–Crippen MR) is 185 cm³/mol. The van der Waals surface area contributed by atoms with E-state index in [1.165, 1.54) is 13.3 Å². The first-order valence-electron chi connectivity index (χ1n) is 15.9. The Hall–Kier alpha value is -5.83. The number of nitrogens with one attached hydrogen (secondary N) is 1. The minimum atomic E-state index is -1.16. The summed E-state index contributed by atoms with van der Waals surface area (Å²) in [6.45, 7) is 19.8. The molecule has 2 aliphatic heterocycles. The van der Waals surface area contributed by atoms with E-state index in [1.54, 1.807) is 83.1 Å². The van der Waals surface area contributed by atoms with Crippen molar-refractivity contribution in [1.82, 2.24) is 30.5 Å². The molecule has 53 heavy (non-hydrogen) atoms. The molecule has 0 aromatic carbocycles. The van der Waals surface area contributed by atoms with Gasteiger partial charge in [0.2, 0.25) is 5.91 Å². The van der Waals surface area contributed by atoms with Crippen LogP contribution in [-0.4, -0.2) is 134 Å². The molecule has 22 heteroatoms. The maximum Gasteiger partial charge on any atom is 0.439 e. The lowest BCUT2D eigenvalue weighted by molar-refractivity contribution is -0.140. The van der Waals surface area contributed by atoms with Crippen LogP contribution in [0.15, 0.2) is 15.4 Å². The molecule has 2 heterocycles. The summed E-state index contributed by atoms with van der Waals surface area (Å²) in [5, 5.41) is 13.7. The third kappa shape index (κ3) is 15.5. The Labute approximate surface area is 306 Å². The van der Waals surface area contributed by atoms with Gasteiger partial charge in [0, 0.05) is 6.92 Å². The second-order valence-electron chi connectivity index (χ2n) is 14.9. The molecule has 1 N–H and O–H groups in total. The van der Waals surface area contributed by atoms with Gasteiger partial charge in [-0.2, -0.15) is 10.2 Å². The summed E-state index contributed by atoms with van der Waals surface area (Å²) in [5.74, 6) is -0.853. The van der Waals surface area contributed by atoms with Gasteiger partial charge in [0.05, 0.1) is 19.3 Å². The van der Waals surface area contributed by atoms with E-state index in [4.69, 9.17) is 18.9 Å². The van der Waals surface area contributed by atoms with Gasteiger partial charge in [-0.15, -0.1) is 15.0 Å². The molecule has 0 spiro atoms. The Bertz CT molecular complexity index is 1530. The number of carbonyl (C=O) groups excluding carboxylic acids is 8. The highest BCUT2D eigenvalue weighted by atomic mass is 16.6. The fourth-order valence-corrected chi connectivity index (χ4v) is 3.53. The molecule has 0 radical (unpaired) electrons. The zero-order valence-corrected chi connectivity index (χ0v) is 32.5. The van der Waals surface area contributed by atoms with E-state index in [-0.39, 0.29) is 23.0 Å². The van der Waals surface area contributed by atoms with Gasteiger partial charge in [0.25, 0.3) is 0 Å². The molecule has 0 aromatic rings. The van der Waals surface area contributed by atoms with Gasteiger partial charge >= 0.3 is 36.4 Å². The van der Waals surface area contributed by atoms with E-state index in [0.717, 1.165) is 11.9 Å². The Kier molecular flexibility index (Phi) is 15.0. The molecule has 0 bridgehead atoms. The van der Waals surface area contributed by atoms with Crippen molar-refractivity contribution in [3.8, 4) is 0 Å². The van der Waals surface area contributed by atoms with Crippen LogP contribution >= 0.6 is 0 Å². The van der Waals surface area contributed by atoms with Gasteiger partial charge in [0.15, 0.2) is 6.29 Å². The van der Waals surface area contributed by atoms with Crippen molar-refractivity contribution in [2.24, 2.45) is 15.4 Å². The number of hydrazone groups is 2. The summed E-state index contributed by atoms with van der Waals surface area (Å²) in [6, 6.07) is -2.05. The van der Waals surface area contributed by atoms with Crippen molar-refractivity contribution in [2.45, 2.75) is 112 Å². The first-order valence-corrected chi connectivity index (χ1v) is 15.9. The summed E-state index contributed by atoms with van der Waals surface area (Å²) in [5.41, 5.74) is -1.32. The number of nitrogens with zero attached hydrogens (tertiary/aromatic N) is 8. The fraction of sp³-hybridized carbons (Fsp3) is 0.645. The quantitative estimate of drug-likeness (QED) is 0.181. The highest BCUT2D eigenvalue weighted by Gasteiger charge is 2.42. The largest absolute Gasteiger partial charge is 0.443 e. The van der Waals surface area contributed by atoms with Crippen molar-refractivity contribution < 1.29 is 62.1 Å². The van der Waals surface area contributed by atoms with Crippen LogP contribution in [0, 0.1) is 0 Å². The highest BCUT2D eigenvalue weighted by Crippen LogP contribution is 2.19. The molecule has 2 aliphatic rings. The molecule has 0 aromatic heterocycles. The summed E-state index contributed by atoms with van der Waals surface area (Å²) >= 11 is 0. The Morgan fingerprint density at radius 2 is 1.17 bits per heavy atom. The van der Waals surface area contributed by atoms with Gasteiger partial charge in [-0.25, -0.2) is 44.2 Å². The predicted octanol–water partition coefficient (Wildman–Crippen LogP) is 4.00. The van der Waals surface area contributed by atoms with Gasteiger partial charge in [-0.1, -0.05) is 5.16 Å². The lowest BCUT2D eigenvalue weighted by Crippen LogP contribution is -2.61. The van der Waals surface area contributed by atoms with E-state index in [9.17, 15) is 38.4 Å². The molecule has 0 saturated heterocycles. The van der Waals surface area contributed by atoms with Crippen LogP contribution < -0.4 is 5.43 Å². The fourth-order valence-electron chi connectivity index (χ4n) is 3.53. The maximum atomic E-state index is 12.7. The first kappa shape index (κ1) is 45.2. The SMILES string of the molecule is CC(=O)N(C(=O)OC(C)(C)C)N1CC(C=O)=NN(C(=O)OC(C)(C)C)C1=O.CO/N=C/C1=NN(C(=O)OC(C)(C)C)C(=O)N(NC(=O)OC(C)(C)C)C1. The van der Waals surface area contributed by atoms with E-state index >= 15 is 0 Å². The summed E-state index contributed by atoms with van der Waals surface area (Å²) in [6.07, 6.45) is -2.66. The van der Waals surface area contributed by atoms with Crippen LogP contribution in [0.5, 0.6) is 0 Å². The number of rotatable bonds is 5. The molecule has 9 amide bonds. The second-order valence-corrected chi connectivity index (χ2v) is 14.9. The zero-order valence-electron chi connectivity index (χ0n) is 32.5. The molecule has 0 fully saturated rings. The van der Waals surface area contributed by atoms with Crippen LogP contribution in [0.25, 0.3) is 0 Å². The zero-order chi connectivity index (χ0) is 41.3. The first-order chi connectivity index (χ1) is 24.0. The van der Waals surface area contributed by atoms with Crippen molar-refractivity contribution in [2.75, 3.05) is 20.2 Å². The van der Waals surface area contributed by atoms with Crippen LogP contribution in [-0.2, 0) is 33.4 Å². The van der Waals surface area contributed by atoms with Crippen molar-refractivity contribution in [3.05, 3.63) is 0 Å².